The van der Waals surface area contributed by atoms with Gasteiger partial charge >= 0.3 is 0 Å². The van der Waals surface area contributed by atoms with Gasteiger partial charge in [-0.1, -0.05) is 0 Å². The van der Waals surface area contributed by atoms with Gasteiger partial charge in [0.1, 0.15) is 11.6 Å². The molecular formula is C15H19F2N3O. The molecule has 1 heterocycles. The van der Waals surface area contributed by atoms with Gasteiger partial charge in [-0.2, -0.15) is 0 Å². The summed E-state index contributed by atoms with van der Waals surface area (Å²) in [5.41, 5.74) is 0.277. The van der Waals surface area contributed by atoms with Crippen molar-refractivity contribution in [1.29, 1.82) is 0 Å². The van der Waals surface area contributed by atoms with Crippen LogP contribution in [0.15, 0.2) is 30.6 Å². The molecule has 0 amide bonds. The highest BCUT2D eigenvalue weighted by molar-refractivity contribution is 5.29. The van der Waals surface area contributed by atoms with Crippen molar-refractivity contribution in [2.45, 2.75) is 26.4 Å². The van der Waals surface area contributed by atoms with Crippen LogP contribution in [0.5, 0.6) is 0 Å². The Labute approximate surface area is 122 Å². The minimum Gasteiger partial charge on any atom is -0.382 e. The minimum absolute atomic E-state index is 0.187. The van der Waals surface area contributed by atoms with Crippen LogP contribution in [0.25, 0.3) is 0 Å². The summed E-state index contributed by atoms with van der Waals surface area (Å²) in [5.74, 6) is -0.248. The van der Waals surface area contributed by atoms with Crippen LogP contribution < -0.4 is 5.32 Å². The fraction of sp³-hybridized carbons (Fsp3) is 0.400. The summed E-state index contributed by atoms with van der Waals surface area (Å²) in [7, 11) is 0. The van der Waals surface area contributed by atoms with Gasteiger partial charge in [0.25, 0.3) is 0 Å². The van der Waals surface area contributed by atoms with E-state index in [1.165, 1.54) is 6.07 Å². The maximum atomic E-state index is 13.5. The summed E-state index contributed by atoms with van der Waals surface area (Å²) in [6.45, 7) is 4.29. The second-order valence-corrected chi connectivity index (χ2v) is 4.58. The zero-order valence-electron chi connectivity index (χ0n) is 12.0. The number of halogens is 2. The molecule has 0 unspecified atom stereocenters. The Morgan fingerprint density at radius 1 is 1.33 bits per heavy atom. The molecule has 2 aromatic rings. The predicted molar refractivity (Wildman–Crippen MR) is 77.0 cm³/mol. The normalized spacial score (nSPS) is 10.8. The topological polar surface area (TPSA) is 39.1 Å². The largest absolute Gasteiger partial charge is 0.382 e. The van der Waals surface area contributed by atoms with Crippen molar-refractivity contribution in [1.82, 2.24) is 9.55 Å². The van der Waals surface area contributed by atoms with Crippen LogP contribution >= 0.6 is 0 Å². The molecular weight excluding hydrogens is 276 g/mol. The van der Waals surface area contributed by atoms with E-state index in [1.807, 2.05) is 17.7 Å². The standard InChI is InChI=1S/C15H19F2N3O/c1-2-21-9-3-7-20-8-6-18-15(20)19-11-12-10-13(16)4-5-14(12)17/h4-6,8,10H,2-3,7,9,11H2,1H3,(H,18,19). The van der Waals surface area contributed by atoms with Gasteiger partial charge in [0, 0.05) is 44.3 Å². The van der Waals surface area contributed by atoms with E-state index in [2.05, 4.69) is 10.3 Å². The molecule has 0 fully saturated rings. The Balaban J connectivity index is 1.91. The van der Waals surface area contributed by atoms with Crippen LogP contribution in [-0.4, -0.2) is 22.8 Å². The molecule has 1 aromatic heterocycles. The highest BCUT2D eigenvalue weighted by Crippen LogP contribution is 2.12. The zero-order valence-corrected chi connectivity index (χ0v) is 12.0. The van der Waals surface area contributed by atoms with Crippen LogP contribution in [0.1, 0.15) is 18.9 Å². The monoisotopic (exact) mass is 295 g/mol. The van der Waals surface area contributed by atoms with Crippen molar-refractivity contribution >= 4 is 5.95 Å². The van der Waals surface area contributed by atoms with E-state index in [1.54, 1.807) is 6.20 Å². The first kappa shape index (κ1) is 15.4. The van der Waals surface area contributed by atoms with Crippen LogP contribution in [-0.2, 0) is 17.8 Å². The molecule has 4 nitrogen and oxygen atoms in total. The number of hydrogen-bond donors (Lipinski definition) is 1. The highest BCUT2D eigenvalue weighted by Gasteiger charge is 2.06. The van der Waals surface area contributed by atoms with Crippen molar-refractivity contribution in [3.8, 4) is 0 Å². The fourth-order valence-corrected chi connectivity index (χ4v) is 1.99. The highest BCUT2D eigenvalue weighted by atomic mass is 19.1. The predicted octanol–water partition coefficient (Wildman–Crippen LogP) is 3.20. The van der Waals surface area contributed by atoms with Gasteiger partial charge in [0.2, 0.25) is 5.95 Å². The van der Waals surface area contributed by atoms with E-state index in [0.29, 0.717) is 19.2 Å². The van der Waals surface area contributed by atoms with Gasteiger partial charge < -0.3 is 14.6 Å². The lowest BCUT2D eigenvalue weighted by atomic mass is 10.2. The molecule has 0 spiro atoms. The SMILES string of the molecule is CCOCCCn1ccnc1NCc1cc(F)ccc1F. The maximum absolute atomic E-state index is 13.5. The number of nitrogens with one attached hydrogen (secondary N) is 1. The van der Waals surface area contributed by atoms with Crippen LogP contribution in [0, 0.1) is 11.6 Å². The van der Waals surface area contributed by atoms with Gasteiger partial charge in [-0.3, -0.25) is 0 Å². The Hall–Kier alpha value is -1.95. The molecule has 114 valence electrons. The smallest absolute Gasteiger partial charge is 0.203 e. The van der Waals surface area contributed by atoms with Crippen molar-refractivity contribution in [2.75, 3.05) is 18.5 Å². The number of aryl methyl sites for hydroxylation is 1. The summed E-state index contributed by atoms with van der Waals surface area (Å²) < 4.78 is 33.8. The summed E-state index contributed by atoms with van der Waals surface area (Å²) in [5, 5.41) is 3.02. The molecule has 1 aromatic carbocycles. The number of benzene rings is 1. The van der Waals surface area contributed by atoms with Crippen LogP contribution in [0.4, 0.5) is 14.7 Å². The number of anilines is 1. The Kier molecular flexibility index (Phi) is 5.68. The van der Waals surface area contributed by atoms with E-state index < -0.39 is 11.6 Å². The third-order valence-corrected chi connectivity index (χ3v) is 3.05. The van der Waals surface area contributed by atoms with Gasteiger partial charge in [0.05, 0.1) is 0 Å². The van der Waals surface area contributed by atoms with Crippen LogP contribution in [0.3, 0.4) is 0 Å². The lowest BCUT2D eigenvalue weighted by molar-refractivity contribution is 0.142. The summed E-state index contributed by atoms with van der Waals surface area (Å²) in [6, 6.07) is 3.42. The van der Waals surface area contributed by atoms with E-state index in [-0.39, 0.29) is 12.1 Å². The molecule has 0 saturated carbocycles. The van der Waals surface area contributed by atoms with Gasteiger partial charge in [-0.25, -0.2) is 13.8 Å². The molecule has 0 aliphatic heterocycles. The number of imidazole rings is 1. The number of ether oxygens (including phenoxy) is 1. The fourth-order valence-electron chi connectivity index (χ4n) is 1.99. The molecule has 1 N–H and O–H groups in total. The van der Waals surface area contributed by atoms with E-state index in [9.17, 15) is 8.78 Å². The maximum Gasteiger partial charge on any atom is 0.203 e. The van der Waals surface area contributed by atoms with E-state index in [0.717, 1.165) is 25.1 Å². The van der Waals surface area contributed by atoms with Gasteiger partial charge in [-0.15, -0.1) is 0 Å². The Bertz CT molecular complexity index is 572. The van der Waals surface area contributed by atoms with Gasteiger partial charge in [-0.05, 0) is 31.5 Å². The van der Waals surface area contributed by atoms with Crippen molar-refractivity contribution in [3.05, 3.63) is 47.8 Å². The van der Waals surface area contributed by atoms with E-state index >= 15 is 0 Å². The molecule has 0 saturated heterocycles. The molecule has 0 bridgehead atoms. The number of aromatic nitrogens is 2. The van der Waals surface area contributed by atoms with E-state index in [4.69, 9.17) is 4.74 Å². The summed E-state index contributed by atoms with van der Waals surface area (Å²) in [4.78, 5) is 4.18. The minimum atomic E-state index is -0.451. The summed E-state index contributed by atoms with van der Waals surface area (Å²) in [6.07, 6.45) is 4.38. The van der Waals surface area contributed by atoms with Gasteiger partial charge in [0.15, 0.2) is 0 Å². The van der Waals surface area contributed by atoms with Crippen molar-refractivity contribution in [3.63, 3.8) is 0 Å². The first-order valence-electron chi connectivity index (χ1n) is 6.97. The average Bonchev–Trinajstić information content (AvgIpc) is 2.92. The first-order chi connectivity index (χ1) is 10.2. The number of rotatable bonds is 8. The molecule has 0 radical (unpaired) electrons. The Morgan fingerprint density at radius 2 is 2.19 bits per heavy atom. The lowest BCUT2D eigenvalue weighted by Crippen LogP contribution is -2.10. The van der Waals surface area contributed by atoms with Crippen molar-refractivity contribution < 1.29 is 13.5 Å². The third-order valence-electron chi connectivity index (χ3n) is 3.05. The second kappa shape index (κ2) is 7.73. The van der Waals surface area contributed by atoms with Crippen LogP contribution in [0.2, 0.25) is 0 Å². The molecule has 21 heavy (non-hydrogen) atoms. The summed E-state index contributed by atoms with van der Waals surface area (Å²) >= 11 is 0. The van der Waals surface area contributed by atoms with Crippen molar-refractivity contribution in [2.24, 2.45) is 0 Å². The molecule has 0 aliphatic carbocycles. The first-order valence-corrected chi connectivity index (χ1v) is 6.97. The second-order valence-electron chi connectivity index (χ2n) is 4.58. The quantitative estimate of drug-likeness (QED) is 0.760. The average molecular weight is 295 g/mol. The molecule has 2 rings (SSSR count). The number of hydrogen-bond acceptors (Lipinski definition) is 3. The zero-order chi connectivity index (χ0) is 15.1. The lowest BCUT2D eigenvalue weighted by Gasteiger charge is -2.10. The third kappa shape index (κ3) is 4.53. The number of nitrogens with zero attached hydrogens (tertiary/aromatic N) is 2. The Morgan fingerprint density at radius 3 is 3.00 bits per heavy atom. The molecule has 0 atom stereocenters. The molecule has 0 aliphatic rings. The molecule has 6 heteroatoms.